The average molecular weight is 763 g/mol. The van der Waals surface area contributed by atoms with E-state index in [4.69, 9.17) is 18.9 Å². The lowest BCUT2D eigenvalue weighted by Gasteiger charge is -2.40. The van der Waals surface area contributed by atoms with E-state index < -0.39 is 71.2 Å². The van der Waals surface area contributed by atoms with Crippen molar-refractivity contribution in [1.29, 1.82) is 0 Å². The van der Waals surface area contributed by atoms with Crippen molar-refractivity contribution in [3.8, 4) is 0 Å². The van der Waals surface area contributed by atoms with Gasteiger partial charge in [-0.25, -0.2) is 0 Å². The molecule has 0 bridgehead atoms. The highest BCUT2D eigenvalue weighted by Gasteiger charge is 2.46. The molecule has 6 atom stereocenters. The Bertz CT molecular complexity index is 1080. The number of carbonyl (C=O) groups excluding carboxylic acids is 2. The lowest BCUT2D eigenvalue weighted by Crippen LogP contribution is -2.60. The van der Waals surface area contributed by atoms with Gasteiger partial charge >= 0.3 is 11.9 Å². The molecule has 0 saturated carbocycles. The maximum Gasteiger partial charge on any atom is 0.306 e. The van der Waals surface area contributed by atoms with Gasteiger partial charge in [0.15, 0.2) is 12.4 Å². The summed E-state index contributed by atoms with van der Waals surface area (Å²) in [5.41, 5.74) is 0. The highest BCUT2D eigenvalue weighted by atomic mass is 32.2. The first kappa shape index (κ1) is 48.1. The number of aliphatic hydroxyl groups excluding tert-OH is 3. The Balaban J connectivity index is 2.53. The maximum absolute atomic E-state index is 12.7. The number of esters is 2. The molecule has 2 unspecified atom stereocenters. The van der Waals surface area contributed by atoms with Gasteiger partial charge in [0.1, 0.15) is 36.8 Å². The second-order valence-electron chi connectivity index (χ2n) is 13.9. The minimum atomic E-state index is -4.60. The largest absolute Gasteiger partial charge is 0.462 e. The first-order chi connectivity index (χ1) is 25.0. The fourth-order valence-electron chi connectivity index (χ4n) is 5.84. The third-order valence-corrected chi connectivity index (χ3v) is 9.75. The zero-order valence-corrected chi connectivity index (χ0v) is 32.7. The van der Waals surface area contributed by atoms with E-state index in [1.807, 2.05) is 0 Å². The van der Waals surface area contributed by atoms with Crippen molar-refractivity contribution < 1.29 is 56.8 Å². The van der Waals surface area contributed by atoms with Crippen molar-refractivity contribution in [3.63, 3.8) is 0 Å². The van der Waals surface area contributed by atoms with Gasteiger partial charge in [-0.15, -0.1) is 0 Å². The third-order valence-electron chi connectivity index (χ3n) is 9.00. The molecule has 4 N–H and O–H groups in total. The molecule has 12 nitrogen and oxygen atoms in total. The summed E-state index contributed by atoms with van der Waals surface area (Å²) in [6.45, 7) is 3.66. The van der Waals surface area contributed by atoms with E-state index in [1.165, 1.54) is 38.5 Å². The van der Waals surface area contributed by atoms with E-state index in [1.54, 1.807) is 0 Å². The van der Waals surface area contributed by atoms with Crippen molar-refractivity contribution in [2.45, 2.75) is 192 Å². The Labute approximate surface area is 313 Å². The molecule has 0 amide bonds. The number of rotatable bonds is 32. The van der Waals surface area contributed by atoms with Gasteiger partial charge in [-0.05, 0) is 64.2 Å². The molecule has 0 aromatic carbocycles. The van der Waals surface area contributed by atoms with Crippen LogP contribution in [-0.4, -0.2) is 96.0 Å². The van der Waals surface area contributed by atoms with Gasteiger partial charge in [-0.2, -0.15) is 8.42 Å². The summed E-state index contributed by atoms with van der Waals surface area (Å²) in [5, 5.41) is 30.7. The molecule has 0 radical (unpaired) electrons. The average Bonchev–Trinajstić information content (AvgIpc) is 3.10. The smallest absolute Gasteiger partial charge is 0.306 e. The lowest BCUT2D eigenvalue weighted by molar-refractivity contribution is -0.297. The van der Waals surface area contributed by atoms with Gasteiger partial charge in [0.25, 0.3) is 10.1 Å². The highest BCUT2D eigenvalue weighted by Crippen LogP contribution is 2.24. The molecule has 1 heterocycles. The van der Waals surface area contributed by atoms with E-state index in [2.05, 4.69) is 38.2 Å². The van der Waals surface area contributed by atoms with E-state index in [-0.39, 0.29) is 19.4 Å². The molecule has 1 rings (SSSR count). The van der Waals surface area contributed by atoms with E-state index in [0.29, 0.717) is 12.8 Å². The Kier molecular flexibility index (Phi) is 28.2. The van der Waals surface area contributed by atoms with Gasteiger partial charge in [0, 0.05) is 12.8 Å². The molecule has 52 heavy (non-hydrogen) atoms. The van der Waals surface area contributed by atoms with Crippen LogP contribution in [0.25, 0.3) is 0 Å². The van der Waals surface area contributed by atoms with Gasteiger partial charge in [-0.3, -0.25) is 14.1 Å². The number of ether oxygens (including phenoxy) is 4. The van der Waals surface area contributed by atoms with Crippen LogP contribution in [-0.2, 0) is 38.7 Å². The minimum absolute atomic E-state index is 0.153. The van der Waals surface area contributed by atoms with Crippen molar-refractivity contribution >= 4 is 22.1 Å². The number of allylic oxidation sites excluding steroid dienone is 4. The third kappa shape index (κ3) is 25.2. The van der Waals surface area contributed by atoms with Crippen LogP contribution in [0.1, 0.15) is 155 Å². The molecule has 0 spiro atoms. The molecule has 1 aliphatic heterocycles. The van der Waals surface area contributed by atoms with Gasteiger partial charge < -0.3 is 34.3 Å². The zero-order chi connectivity index (χ0) is 38.5. The summed E-state index contributed by atoms with van der Waals surface area (Å²) in [4.78, 5) is 25.2. The number of carbonyl (C=O) groups is 2. The molecule has 0 aliphatic carbocycles. The number of unbranched alkanes of at least 4 members (excludes halogenated alkanes) is 16. The van der Waals surface area contributed by atoms with Gasteiger partial charge in [-0.1, -0.05) is 102 Å². The fourth-order valence-corrected chi connectivity index (χ4v) is 6.53. The number of aliphatic hydroxyl groups is 3. The predicted octanol–water partition coefficient (Wildman–Crippen LogP) is 6.89. The summed E-state index contributed by atoms with van der Waals surface area (Å²) < 4.78 is 53.8. The lowest BCUT2D eigenvalue weighted by atomic mass is 10.00. The second kappa shape index (κ2) is 30.5. The molecule has 1 saturated heterocycles. The molecular weight excluding hydrogens is 692 g/mol. The molecule has 1 aliphatic rings. The number of hydrogen-bond donors (Lipinski definition) is 4. The Morgan fingerprint density at radius 1 is 0.635 bits per heavy atom. The van der Waals surface area contributed by atoms with Crippen LogP contribution in [0, 0.1) is 0 Å². The van der Waals surface area contributed by atoms with Crippen molar-refractivity contribution in [2.24, 2.45) is 0 Å². The first-order valence-electron chi connectivity index (χ1n) is 19.9. The van der Waals surface area contributed by atoms with E-state index in [9.17, 15) is 37.9 Å². The zero-order valence-electron chi connectivity index (χ0n) is 31.9. The molecule has 0 aromatic heterocycles. The van der Waals surface area contributed by atoms with Crippen LogP contribution in [0.4, 0.5) is 0 Å². The predicted molar refractivity (Wildman–Crippen MR) is 201 cm³/mol. The fraction of sp³-hybridized carbons (Fsp3) is 0.846. The van der Waals surface area contributed by atoms with Crippen LogP contribution in [0.3, 0.4) is 0 Å². The summed E-state index contributed by atoms with van der Waals surface area (Å²) in [6.07, 6.45) is 20.9. The SMILES string of the molecule is CCCCC/C=C/CCCCCCCC(=O)OC[C@H](CO[C@H]1O[C@H](CS(=O)(=O)O)[C@@H](O)C(O)C1O)OC(=O)CCCCCCC/C=C/CCCCC. The van der Waals surface area contributed by atoms with Gasteiger partial charge in [0.05, 0.1) is 6.61 Å². The van der Waals surface area contributed by atoms with E-state index in [0.717, 1.165) is 77.0 Å². The molecule has 0 aromatic rings. The van der Waals surface area contributed by atoms with E-state index >= 15 is 0 Å². The van der Waals surface area contributed by atoms with Crippen molar-refractivity contribution in [2.75, 3.05) is 19.0 Å². The Hall–Kier alpha value is -1.87. The summed E-state index contributed by atoms with van der Waals surface area (Å²) in [6, 6.07) is 0. The maximum atomic E-state index is 12.7. The summed E-state index contributed by atoms with van der Waals surface area (Å²) >= 11 is 0. The Morgan fingerprint density at radius 2 is 1.10 bits per heavy atom. The second-order valence-corrected chi connectivity index (χ2v) is 15.4. The standard InChI is InChI=1S/C39H70O12S/c1-3-5-7-9-11-13-15-17-19-21-23-25-27-34(40)48-29-32(30-49-39-38(44)37(43)36(42)33(51-39)31-52(45,46)47)50-35(41)28-26-24-22-20-18-16-14-12-10-8-6-4-2/h11-14,32-33,36-39,42-44H,3-10,15-31H2,1-2H3,(H,45,46,47)/b13-11+,14-12+/t32-,33-,36-,37?,38?,39+/m1/s1. The summed E-state index contributed by atoms with van der Waals surface area (Å²) in [7, 11) is -4.60. The quantitative estimate of drug-likeness (QED) is 0.0241. The molecule has 304 valence electrons. The van der Waals surface area contributed by atoms with Crippen LogP contribution in [0.2, 0.25) is 0 Å². The normalized spacial score (nSPS) is 21.5. The van der Waals surface area contributed by atoms with Crippen molar-refractivity contribution in [1.82, 2.24) is 0 Å². The van der Waals surface area contributed by atoms with Gasteiger partial charge in [0.2, 0.25) is 0 Å². The number of hydrogen-bond acceptors (Lipinski definition) is 11. The molecule has 13 heteroatoms. The van der Waals surface area contributed by atoms with Crippen LogP contribution < -0.4 is 0 Å². The summed E-state index contributed by atoms with van der Waals surface area (Å²) in [5.74, 6) is -2.01. The van der Waals surface area contributed by atoms with Crippen LogP contribution in [0.15, 0.2) is 24.3 Å². The minimum Gasteiger partial charge on any atom is -0.462 e. The van der Waals surface area contributed by atoms with Crippen molar-refractivity contribution in [3.05, 3.63) is 24.3 Å². The molecule has 1 fully saturated rings. The highest BCUT2D eigenvalue weighted by molar-refractivity contribution is 7.85. The topological polar surface area (TPSA) is 186 Å². The molecular formula is C39H70O12S. The monoisotopic (exact) mass is 762 g/mol. The van der Waals surface area contributed by atoms with Crippen LogP contribution in [0.5, 0.6) is 0 Å². The Morgan fingerprint density at radius 3 is 1.60 bits per heavy atom. The first-order valence-corrected chi connectivity index (χ1v) is 21.5. The van der Waals surface area contributed by atoms with Crippen LogP contribution >= 0.6 is 0 Å².